The van der Waals surface area contributed by atoms with Gasteiger partial charge in [0.25, 0.3) is 0 Å². The second kappa shape index (κ2) is 10.4. The minimum Gasteiger partial charge on any atom is -0.356 e. The molecule has 0 saturated carbocycles. The molecule has 1 aliphatic heterocycles. The lowest BCUT2D eigenvalue weighted by Crippen LogP contribution is -2.26. The average molecular weight is 320 g/mol. The first-order chi connectivity index (χ1) is 11.3. The van der Waals surface area contributed by atoms with Gasteiger partial charge in [-0.1, -0.05) is 45.4 Å². The summed E-state index contributed by atoms with van der Waals surface area (Å²) in [5.41, 5.74) is 0. The molecule has 5 nitrogen and oxygen atoms in total. The summed E-state index contributed by atoms with van der Waals surface area (Å²) in [5, 5.41) is 11.6. The monoisotopic (exact) mass is 320 g/mol. The smallest absolute Gasteiger partial charge is 0.220 e. The number of aryl methyl sites for hydroxylation is 1. The molecule has 130 valence electrons. The molecule has 0 unspecified atom stereocenters. The molecule has 0 aromatic carbocycles. The van der Waals surface area contributed by atoms with Crippen molar-refractivity contribution in [3.8, 4) is 0 Å². The predicted octanol–water partition coefficient (Wildman–Crippen LogP) is 3.41. The van der Waals surface area contributed by atoms with E-state index in [1.807, 2.05) is 0 Å². The Hall–Kier alpha value is -1.39. The Bertz CT molecular complexity index is 470. The first-order valence-electron chi connectivity index (χ1n) is 9.49. The van der Waals surface area contributed by atoms with Crippen LogP contribution >= 0.6 is 0 Å². The van der Waals surface area contributed by atoms with Gasteiger partial charge in [-0.25, -0.2) is 0 Å². The lowest BCUT2D eigenvalue weighted by Gasteiger charge is -2.08. The number of aromatic nitrogens is 3. The minimum absolute atomic E-state index is 0.177. The Morgan fingerprint density at radius 2 is 1.91 bits per heavy atom. The third-order valence-electron chi connectivity index (χ3n) is 4.61. The van der Waals surface area contributed by atoms with Crippen LogP contribution in [0.2, 0.25) is 0 Å². The van der Waals surface area contributed by atoms with Gasteiger partial charge in [0, 0.05) is 32.4 Å². The van der Waals surface area contributed by atoms with Crippen molar-refractivity contribution in [2.24, 2.45) is 0 Å². The van der Waals surface area contributed by atoms with E-state index in [2.05, 4.69) is 27.0 Å². The van der Waals surface area contributed by atoms with E-state index in [0.717, 1.165) is 37.5 Å². The predicted molar refractivity (Wildman–Crippen MR) is 92.3 cm³/mol. The number of carbonyl (C=O) groups excluding carboxylic acids is 1. The van der Waals surface area contributed by atoms with Crippen molar-refractivity contribution >= 4 is 5.91 Å². The number of rotatable bonds is 10. The molecular weight excluding hydrogens is 288 g/mol. The standard InChI is InChI=1S/C18H32N4O/c1-2-3-4-5-6-9-12-18(23)19-14-13-17-21-20-16-11-8-7-10-15-22(16)17/h2-15H2,1H3,(H,19,23). The van der Waals surface area contributed by atoms with Crippen LogP contribution < -0.4 is 5.32 Å². The van der Waals surface area contributed by atoms with Crippen LogP contribution in [-0.4, -0.2) is 27.2 Å². The molecule has 0 aliphatic carbocycles. The molecule has 23 heavy (non-hydrogen) atoms. The van der Waals surface area contributed by atoms with E-state index in [1.165, 1.54) is 51.4 Å². The summed E-state index contributed by atoms with van der Waals surface area (Å²) in [7, 11) is 0. The molecule has 0 spiro atoms. The van der Waals surface area contributed by atoms with E-state index in [-0.39, 0.29) is 5.91 Å². The zero-order chi connectivity index (χ0) is 16.3. The Morgan fingerprint density at radius 3 is 2.78 bits per heavy atom. The van der Waals surface area contributed by atoms with Crippen molar-refractivity contribution in [3.63, 3.8) is 0 Å². The quantitative estimate of drug-likeness (QED) is 0.672. The van der Waals surface area contributed by atoms with E-state index in [0.29, 0.717) is 13.0 Å². The van der Waals surface area contributed by atoms with E-state index in [1.54, 1.807) is 0 Å². The maximum absolute atomic E-state index is 11.9. The number of fused-ring (bicyclic) bond motifs is 1. The van der Waals surface area contributed by atoms with Gasteiger partial charge >= 0.3 is 0 Å². The van der Waals surface area contributed by atoms with Crippen LogP contribution in [0, 0.1) is 0 Å². The lowest BCUT2D eigenvalue weighted by molar-refractivity contribution is -0.121. The van der Waals surface area contributed by atoms with E-state index >= 15 is 0 Å². The highest BCUT2D eigenvalue weighted by Gasteiger charge is 2.14. The van der Waals surface area contributed by atoms with Crippen LogP contribution in [0.1, 0.15) is 82.8 Å². The fourth-order valence-corrected chi connectivity index (χ4v) is 3.20. The number of hydrogen-bond donors (Lipinski definition) is 1. The van der Waals surface area contributed by atoms with Crippen molar-refractivity contribution in [1.29, 1.82) is 0 Å². The highest BCUT2D eigenvalue weighted by molar-refractivity contribution is 5.75. The van der Waals surface area contributed by atoms with Gasteiger partial charge in [0.1, 0.15) is 11.6 Å². The van der Waals surface area contributed by atoms with Gasteiger partial charge in [-0.05, 0) is 19.3 Å². The molecule has 0 atom stereocenters. The fraction of sp³-hybridized carbons (Fsp3) is 0.833. The third kappa shape index (κ3) is 6.32. The number of nitrogens with one attached hydrogen (secondary N) is 1. The Kier molecular flexibility index (Phi) is 8.12. The number of hydrogen-bond acceptors (Lipinski definition) is 3. The van der Waals surface area contributed by atoms with Crippen molar-refractivity contribution < 1.29 is 4.79 Å². The Morgan fingerprint density at radius 1 is 1.09 bits per heavy atom. The largest absolute Gasteiger partial charge is 0.356 e. The van der Waals surface area contributed by atoms with Crippen LogP contribution in [0.3, 0.4) is 0 Å². The number of amides is 1. The van der Waals surface area contributed by atoms with Crippen LogP contribution in [0.25, 0.3) is 0 Å². The van der Waals surface area contributed by atoms with Crippen LogP contribution in [0.4, 0.5) is 0 Å². The Labute approximate surface area is 140 Å². The molecule has 1 aliphatic rings. The SMILES string of the molecule is CCCCCCCCC(=O)NCCc1nnc2n1CCCCC2. The molecule has 1 aromatic heterocycles. The maximum atomic E-state index is 11.9. The van der Waals surface area contributed by atoms with Crippen molar-refractivity contribution in [2.75, 3.05) is 6.54 Å². The highest BCUT2D eigenvalue weighted by Crippen LogP contribution is 2.14. The van der Waals surface area contributed by atoms with Crippen molar-refractivity contribution in [1.82, 2.24) is 20.1 Å². The van der Waals surface area contributed by atoms with Gasteiger partial charge in [-0.15, -0.1) is 10.2 Å². The maximum Gasteiger partial charge on any atom is 0.220 e. The third-order valence-corrected chi connectivity index (χ3v) is 4.61. The molecule has 1 amide bonds. The molecule has 0 radical (unpaired) electrons. The van der Waals surface area contributed by atoms with Crippen LogP contribution in [0.5, 0.6) is 0 Å². The summed E-state index contributed by atoms with van der Waals surface area (Å²) >= 11 is 0. The number of nitrogens with zero attached hydrogens (tertiary/aromatic N) is 3. The summed E-state index contributed by atoms with van der Waals surface area (Å²) in [4.78, 5) is 11.9. The summed E-state index contributed by atoms with van der Waals surface area (Å²) in [6, 6.07) is 0. The molecular formula is C18H32N4O. The fourth-order valence-electron chi connectivity index (χ4n) is 3.20. The topological polar surface area (TPSA) is 59.8 Å². The lowest BCUT2D eigenvalue weighted by atomic mass is 10.1. The van der Waals surface area contributed by atoms with Crippen molar-refractivity contribution in [2.45, 2.75) is 90.5 Å². The first-order valence-corrected chi connectivity index (χ1v) is 9.49. The van der Waals surface area contributed by atoms with E-state index in [4.69, 9.17) is 0 Å². The molecule has 5 heteroatoms. The molecule has 2 rings (SSSR count). The van der Waals surface area contributed by atoms with Crippen LogP contribution in [-0.2, 0) is 24.2 Å². The van der Waals surface area contributed by atoms with Gasteiger partial charge in [-0.2, -0.15) is 0 Å². The first kappa shape index (κ1) is 18.0. The number of carbonyl (C=O) groups is 1. The summed E-state index contributed by atoms with van der Waals surface area (Å²) in [6.45, 7) is 3.93. The summed E-state index contributed by atoms with van der Waals surface area (Å²) in [5.74, 6) is 2.33. The highest BCUT2D eigenvalue weighted by atomic mass is 16.1. The van der Waals surface area contributed by atoms with E-state index in [9.17, 15) is 4.79 Å². The van der Waals surface area contributed by atoms with Crippen LogP contribution in [0.15, 0.2) is 0 Å². The molecule has 0 fully saturated rings. The second-order valence-corrected chi connectivity index (χ2v) is 6.61. The summed E-state index contributed by atoms with van der Waals surface area (Å²) < 4.78 is 2.26. The van der Waals surface area contributed by atoms with Gasteiger partial charge in [-0.3, -0.25) is 4.79 Å². The molecule has 1 N–H and O–H groups in total. The zero-order valence-electron chi connectivity index (χ0n) is 14.6. The molecule has 0 saturated heterocycles. The molecule has 0 bridgehead atoms. The van der Waals surface area contributed by atoms with E-state index < -0.39 is 0 Å². The zero-order valence-corrected chi connectivity index (χ0v) is 14.6. The average Bonchev–Trinajstić information content (AvgIpc) is 2.78. The van der Waals surface area contributed by atoms with Crippen molar-refractivity contribution in [3.05, 3.63) is 11.6 Å². The van der Waals surface area contributed by atoms with Gasteiger partial charge in [0.05, 0.1) is 0 Å². The normalized spacial score (nSPS) is 14.3. The molecule has 2 heterocycles. The molecule has 1 aromatic rings. The van der Waals surface area contributed by atoms with Gasteiger partial charge < -0.3 is 9.88 Å². The Balaban J connectivity index is 1.59. The summed E-state index contributed by atoms with van der Waals surface area (Å²) in [6.07, 6.45) is 13.5. The minimum atomic E-state index is 0.177. The van der Waals surface area contributed by atoms with Gasteiger partial charge in [0.2, 0.25) is 5.91 Å². The number of unbranched alkanes of at least 4 members (excludes halogenated alkanes) is 5. The van der Waals surface area contributed by atoms with Gasteiger partial charge in [0.15, 0.2) is 0 Å². The second-order valence-electron chi connectivity index (χ2n) is 6.61.